The summed E-state index contributed by atoms with van der Waals surface area (Å²) < 4.78 is 26.7. The van der Waals surface area contributed by atoms with Crippen LogP contribution < -0.4 is 10.0 Å². The van der Waals surface area contributed by atoms with E-state index in [0.29, 0.717) is 18.2 Å². The second-order valence-corrected chi connectivity index (χ2v) is 7.33. The summed E-state index contributed by atoms with van der Waals surface area (Å²) in [6, 6.07) is 6.09. The smallest absolute Gasteiger partial charge is 0.232 e. The van der Waals surface area contributed by atoms with E-state index in [9.17, 15) is 8.42 Å². The summed E-state index contributed by atoms with van der Waals surface area (Å²) in [5.74, 6) is 0.167. The number of sulfonamides is 1. The molecule has 0 saturated carbocycles. The molecule has 0 atom stereocenters. The normalized spacial score (nSPS) is 11.8. The Morgan fingerprint density at radius 2 is 1.85 bits per heavy atom. The fraction of sp³-hybridized carbons (Fsp3) is 0.600. The van der Waals surface area contributed by atoms with Crippen molar-refractivity contribution >= 4 is 15.7 Å². The van der Waals surface area contributed by atoms with Gasteiger partial charge in [0.05, 0.1) is 11.4 Å². The van der Waals surface area contributed by atoms with Crippen molar-refractivity contribution in [2.45, 2.75) is 46.6 Å². The number of nitrogens with one attached hydrogen (secondary N) is 2. The van der Waals surface area contributed by atoms with Gasteiger partial charge in [0.15, 0.2) is 0 Å². The Bertz CT molecular complexity index is 525. The Balaban J connectivity index is 2.47. The van der Waals surface area contributed by atoms with Crippen molar-refractivity contribution in [2.24, 2.45) is 0 Å². The number of aryl methyl sites for hydroxylation is 1. The highest BCUT2D eigenvalue weighted by atomic mass is 32.2. The fourth-order valence-corrected chi connectivity index (χ4v) is 3.13. The van der Waals surface area contributed by atoms with Gasteiger partial charge in [-0.05, 0) is 50.4 Å². The maximum Gasteiger partial charge on any atom is 0.232 e. The lowest BCUT2D eigenvalue weighted by molar-refractivity contribution is 0.561. The molecule has 4 nitrogen and oxygen atoms in total. The summed E-state index contributed by atoms with van der Waals surface area (Å²) in [6.45, 7) is 8.93. The van der Waals surface area contributed by atoms with E-state index in [4.69, 9.17) is 0 Å². The molecule has 0 heterocycles. The number of benzene rings is 1. The Kier molecular flexibility index (Phi) is 6.49. The van der Waals surface area contributed by atoms with Crippen LogP contribution in [0.5, 0.6) is 0 Å². The van der Waals surface area contributed by atoms with Gasteiger partial charge < -0.3 is 5.32 Å². The lowest BCUT2D eigenvalue weighted by atomic mass is 10.1. The van der Waals surface area contributed by atoms with Gasteiger partial charge in [-0.25, -0.2) is 8.42 Å². The van der Waals surface area contributed by atoms with Gasteiger partial charge in [0.1, 0.15) is 0 Å². The SMILES string of the molecule is Cc1cccc(NS(=O)(=O)CCCCNC(C)C)c1C. The third kappa shape index (κ3) is 5.92. The molecule has 1 aromatic carbocycles. The van der Waals surface area contributed by atoms with E-state index in [1.165, 1.54) is 0 Å². The third-order valence-corrected chi connectivity index (χ3v) is 4.62. The highest BCUT2D eigenvalue weighted by Gasteiger charge is 2.12. The van der Waals surface area contributed by atoms with Crippen LogP contribution in [0.1, 0.15) is 37.8 Å². The van der Waals surface area contributed by atoms with E-state index in [0.717, 1.165) is 24.1 Å². The van der Waals surface area contributed by atoms with Crippen molar-refractivity contribution < 1.29 is 8.42 Å². The first kappa shape index (κ1) is 17.0. The van der Waals surface area contributed by atoms with Crippen LogP contribution in [0.2, 0.25) is 0 Å². The minimum Gasteiger partial charge on any atom is -0.315 e. The van der Waals surface area contributed by atoms with Gasteiger partial charge in [0.2, 0.25) is 10.0 Å². The standard InChI is InChI=1S/C15H26N2O2S/c1-12(2)16-10-5-6-11-20(18,19)17-15-9-7-8-13(3)14(15)4/h7-9,12,16-17H,5-6,10-11H2,1-4H3. The van der Waals surface area contributed by atoms with Crippen molar-refractivity contribution in [3.63, 3.8) is 0 Å². The molecule has 2 N–H and O–H groups in total. The topological polar surface area (TPSA) is 58.2 Å². The molecule has 0 radical (unpaired) electrons. The lowest BCUT2D eigenvalue weighted by Gasteiger charge is -2.12. The molecule has 114 valence electrons. The Hall–Kier alpha value is -1.07. The lowest BCUT2D eigenvalue weighted by Crippen LogP contribution is -2.24. The quantitative estimate of drug-likeness (QED) is 0.726. The average molecular weight is 298 g/mol. The molecule has 0 aliphatic rings. The number of rotatable bonds is 8. The first-order chi connectivity index (χ1) is 9.32. The van der Waals surface area contributed by atoms with Crippen LogP contribution in [0.25, 0.3) is 0 Å². The molecule has 20 heavy (non-hydrogen) atoms. The van der Waals surface area contributed by atoms with Gasteiger partial charge >= 0.3 is 0 Å². The largest absolute Gasteiger partial charge is 0.315 e. The van der Waals surface area contributed by atoms with Crippen molar-refractivity contribution in [3.05, 3.63) is 29.3 Å². The van der Waals surface area contributed by atoms with Gasteiger partial charge in [-0.3, -0.25) is 4.72 Å². The molecule has 0 aromatic heterocycles. The zero-order valence-corrected chi connectivity index (χ0v) is 13.7. The van der Waals surface area contributed by atoms with Crippen molar-refractivity contribution in [3.8, 4) is 0 Å². The number of hydrogen-bond donors (Lipinski definition) is 2. The maximum atomic E-state index is 12.0. The van der Waals surface area contributed by atoms with Crippen LogP contribution in [0.15, 0.2) is 18.2 Å². The summed E-state index contributed by atoms with van der Waals surface area (Å²) in [5.41, 5.74) is 2.76. The first-order valence-corrected chi connectivity index (χ1v) is 8.77. The van der Waals surface area contributed by atoms with Crippen LogP contribution in [0.3, 0.4) is 0 Å². The second kappa shape index (κ2) is 7.64. The van der Waals surface area contributed by atoms with E-state index in [1.807, 2.05) is 26.0 Å². The molecular formula is C15H26N2O2S. The molecule has 1 aromatic rings. The van der Waals surface area contributed by atoms with E-state index in [1.54, 1.807) is 6.07 Å². The van der Waals surface area contributed by atoms with Gasteiger partial charge in [0.25, 0.3) is 0 Å². The number of hydrogen-bond acceptors (Lipinski definition) is 3. The summed E-state index contributed by atoms with van der Waals surface area (Å²) in [4.78, 5) is 0. The minimum absolute atomic E-state index is 0.167. The second-order valence-electron chi connectivity index (χ2n) is 5.48. The molecule has 1 rings (SSSR count). The first-order valence-electron chi connectivity index (χ1n) is 7.12. The van der Waals surface area contributed by atoms with E-state index in [-0.39, 0.29) is 5.75 Å². The van der Waals surface area contributed by atoms with Gasteiger partial charge in [0, 0.05) is 6.04 Å². The van der Waals surface area contributed by atoms with Gasteiger partial charge in [-0.1, -0.05) is 26.0 Å². The Morgan fingerprint density at radius 1 is 1.15 bits per heavy atom. The number of anilines is 1. The van der Waals surface area contributed by atoms with Crippen LogP contribution in [-0.2, 0) is 10.0 Å². The highest BCUT2D eigenvalue weighted by molar-refractivity contribution is 7.92. The molecule has 0 unspecified atom stereocenters. The predicted octanol–water partition coefficient (Wildman–Crippen LogP) is 2.82. The van der Waals surface area contributed by atoms with Crippen LogP contribution >= 0.6 is 0 Å². The molecule has 0 aliphatic carbocycles. The molecule has 0 bridgehead atoms. The molecule has 0 aliphatic heterocycles. The van der Waals surface area contributed by atoms with E-state index in [2.05, 4.69) is 23.9 Å². The zero-order valence-electron chi connectivity index (χ0n) is 12.9. The molecular weight excluding hydrogens is 272 g/mol. The monoisotopic (exact) mass is 298 g/mol. The maximum absolute atomic E-state index is 12.0. The van der Waals surface area contributed by atoms with E-state index < -0.39 is 10.0 Å². The van der Waals surface area contributed by atoms with Crippen molar-refractivity contribution in [1.82, 2.24) is 5.32 Å². The Morgan fingerprint density at radius 3 is 2.50 bits per heavy atom. The molecule has 0 spiro atoms. The molecule has 5 heteroatoms. The Labute approximate surface area is 123 Å². The average Bonchev–Trinajstić information content (AvgIpc) is 2.34. The van der Waals surface area contributed by atoms with Crippen molar-refractivity contribution in [2.75, 3.05) is 17.0 Å². The molecule has 0 saturated heterocycles. The van der Waals surface area contributed by atoms with E-state index >= 15 is 0 Å². The third-order valence-electron chi connectivity index (χ3n) is 3.26. The minimum atomic E-state index is -3.25. The predicted molar refractivity (Wildman–Crippen MR) is 85.7 cm³/mol. The van der Waals surface area contributed by atoms with Gasteiger partial charge in [-0.2, -0.15) is 0 Å². The zero-order chi connectivity index (χ0) is 15.2. The molecule has 0 fully saturated rings. The van der Waals surface area contributed by atoms with Gasteiger partial charge in [-0.15, -0.1) is 0 Å². The van der Waals surface area contributed by atoms with Crippen LogP contribution in [0, 0.1) is 13.8 Å². The summed E-state index contributed by atoms with van der Waals surface area (Å²) >= 11 is 0. The van der Waals surface area contributed by atoms with Crippen LogP contribution in [0.4, 0.5) is 5.69 Å². The number of unbranched alkanes of at least 4 members (excludes halogenated alkanes) is 1. The summed E-state index contributed by atoms with van der Waals surface area (Å²) in [5, 5.41) is 3.28. The van der Waals surface area contributed by atoms with Crippen molar-refractivity contribution in [1.29, 1.82) is 0 Å². The van der Waals surface area contributed by atoms with Crippen LogP contribution in [-0.4, -0.2) is 26.8 Å². The summed E-state index contributed by atoms with van der Waals surface area (Å²) in [6.07, 6.45) is 1.53. The highest BCUT2D eigenvalue weighted by Crippen LogP contribution is 2.19. The summed E-state index contributed by atoms with van der Waals surface area (Å²) in [7, 11) is -3.25. The fourth-order valence-electron chi connectivity index (χ4n) is 1.89. The molecule has 0 amide bonds.